The van der Waals surface area contributed by atoms with Gasteiger partial charge in [-0.2, -0.15) is 0 Å². The minimum atomic E-state index is -1.64. The number of nitrogens with two attached hydrogens (primary N) is 2. The summed E-state index contributed by atoms with van der Waals surface area (Å²) in [5, 5.41) is 40.6. The number of guanidine groups is 1. The highest BCUT2D eigenvalue weighted by atomic mass is 79.9. The molecule has 1 saturated heterocycles. The smallest absolute Gasteiger partial charge is 0.247 e. The van der Waals surface area contributed by atoms with Crippen molar-refractivity contribution >= 4 is 90.8 Å². The van der Waals surface area contributed by atoms with Crippen LogP contribution in [-0.2, 0) is 64.0 Å². The number of hydrogen-bond acceptors (Lipinski definition) is 11. The zero-order valence-electron chi connectivity index (χ0n) is 50.1. The Balaban J connectivity index is 1.16. The fourth-order valence-electron chi connectivity index (χ4n) is 11.0. The van der Waals surface area contributed by atoms with Crippen LogP contribution < -0.4 is 43.4 Å². The molecule has 1 aromatic heterocycles. The van der Waals surface area contributed by atoms with E-state index in [4.69, 9.17) is 11.5 Å². The summed E-state index contributed by atoms with van der Waals surface area (Å²) in [5.74, 6) is -5.59. The fourth-order valence-corrected chi connectivity index (χ4v) is 11.3. The van der Waals surface area contributed by atoms with E-state index in [1.54, 1.807) is 25.3 Å². The second kappa shape index (κ2) is 32.2. The van der Waals surface area contributed by atoms with E-state index in [1.165, 1.54) is 24.1 Å². The zero-order chi connectivity index (χ0) is 63.4. The van der Waals surface area contributed by atoms with E-state index in [-0.39, 0.29) is 81.6 Å². The molecule has 468 valence electrons. The van der Waals surface area contributed by atoms with Gasteiger partial charge in [-0.05, 0) is 115 Å². The highest BCUT2D eigenvalue weighted by Gasteiger charge is 2.40. The monoisotopic (exact) mass is 1270 g/mol. The van der Waals surface area contributed by atoms with Crippen molar-refractivity contribution < 1.29 is 48.6 Å². The Kier molecular flexibility index (Phi) is 24.4. The molecule has 0 saturated carbocycles. The van der Waals surface area contributed by atoms with Crippen LogP contribution in [0.15, 0.2) is 131 Å². The number of hydrogen-bond donors (Lipinski definition) is 11. The first-order valence-corrected chi connectivity index (χ1v) is 30.6. The minimum Gasteiger partial charge on any atom is -0.508 e. The second-order valence-corrected chi connectivity index (χ2v) is 23.5. The highest BCUT2D eigenvalue weighted by Crippen LogP contribution is 2.24. The number of aromatic hydroxyl groups is 1. The third-order valence-electron chi connectivity index (χ3n) is 15.6. The van der Waals surface area contributed by atoms with Gasteiger partial charge in [0, 0.05) is 73.9 Å². The molecule has 1 aliphatic heterocycles. The maximum atomic E-state index is 15.2. The molecule has 6 aromatic rings. The average molecular weight is 1270 g/mol. The van der Waals surface area contributed by atoms with Crippen molar-refractivity contribution in [1.29, 1.82) is 0 Å². The number of aryl methyl sites for hydroxylation is 1. The Morgan fingerprint density at radius 1 is 0.716 bits per heavy atom. The Morgan fingerprint density at radius 2 is 1.33 bits per heavy atom. The largest absolute Gasteiger partial charge is 0.508 e. The van der Waals surface area contributed by atoms with Gasteiger partial charge in [0.25, 0.3) is 0 Å². The molecule has 0 spiro atoms. The van der Waals surface area contributed by atoms with Crippen LogP contribution in [-0.4, -0.2) is 154 Å². The van der Waals surface area contributed by atoms with Crippen molar-refractivity contribution in [2.75, 3.05) is 33.3 Å². The predicted octanol–water partition coefficient (Wildman–Crippen LogP) is 3.92. The van der Waals surface area contributed by atoms with Gasteiger partial charge in [0.05, 0.1) is 6.61 Å². The number of para-hydroxylation sites is 1. The van der Waals surface area contributed by atoms with Gasteiger partial charge in [0.2, 0.25) is 47.3 Å². The number of nitrogens with one attached hydrogen (secondary N) is 7. The van der Waals surface area contributed by atoms with Crippen LogP contribution in [0.1, 0.15) is 81.5 Å². The molecule has 7 atom stereocenters. The number of likely N-dealkylation sites (tertiary alicyclic amines) is 1. The maximum Gasteiger partial charge on any atom is 0.247 e. The average Bonchev–Trinajstić information content (AvgIpc) is 3.89. The first kappa shape index (κ1) is 66.7. The summed E-state index contributed by atoms with van der Waals surface area (Å²) in [5.41, 5.74) is 14.7. The Hall–Kier alpha value is -8.83. The molecule has 1 fully saturated rings. The molecule has 2 heterocycles. The van der Waals surface area contributed by atoms with Gasteiger partial charge in [-0.25, -0.2) is 0 Å². The minimum absolute atomic E-state index is 0.0163. The first-order valence-electron chi connectivity index (χ1n) is 29.8. The maximum absolute atomic E-state index is 15.2. The summed E-state index contributed by atoms with van der Waals surface area (Å²) in [6.45, 7) is 5.37. The van der Waals surface area contributed by atoms with Gasteiger partial charge >= 0.3 is 0 Å². The van der Waals surface area contributed by atoms with Crippen molar-refractivity contribution in [2.24, 2.45) is 22.4 Å². The number of aliphatic hydroxyl groups excluding tert-OH is 1. The van der Waals surface area contributed by atoms with Crippen LogP contribution in [0.25, 0.3) is 21.7 Å². The number of benzene rings is 5. The Morgan fingerprint density at radius 3 is 2.02 bits per heavy atom. The molecule has 22 nitrogen and oxygen atoms in total. The van der Waals surface area contributed by atoms with E-state index < -0.39 is 90.3 Å². The van der Waals surface area contributed by atoms with Crippen molar-refractivity contribution in [3.05, 3.63) is 148 Å². The number of fused-ring (bicyclic) bond motifs is 2. The molecule has 0 bridgehead atoms. The van der Waals surface area contributed by atoms with Crippen molar-refractivity contribution in [3.8, 4) is 5.75 Å². The summed E-state index contributed by atoms with van der Waals surface area (Å²) < 4.78 is 0.880. The van der Waals surface area contributed by atoms with Gasteiger partial charge in [-0.3, -0.25) is 43.3 Å². The lowest BCUT2D eigenvalue weighted by Gasteiger charge is -2.32. The van der Waals surface area contributed by atoms with E-state index in [0.29, 0.717) is 36.9 Å². The number of likely N-dealkylation sites (N-methyl/N-ethyl adjacent to an activating group) is 2. The lowest BCUT2D eigenvalue weighted by molar-refractivity contribution is -0.144. The molecule has 88 heavy (non-hydrogen) atoms. The van der Waals surface area contributed by atoms with Gasteiger partial charge in [-0.1, -0.05) is 115 Å². The Labute approximate surface area is 520 Å². The number of halogens is 1. The topological polar surface area (TPSA) is 336 Å². The van der Waals surface area contributed by atoms with Gasteiger partial charge in [0.1, 0.15) is 48.0 Å². The molecule has 1 aliphatic rings. The van der Waals surface area contributed by atoms with Crippen LogP contribution in [0.5, 0.6) is 5.75 Å². The number of rotatable bonds is 30. The van der Waals surface area contributed by atoms with Crippen molar-refractivity contribution in [1.82, 2.24) is 46.7 Å². The first-order chi connectivity index (χ1) is 42.2. The van der Waals surface area contributed by atoms with Gasteiger partial charge in [-0.15, -0.1) is 0 Å². The standard InChI is InChI=1S/C65H81BrN12O10/c1-5-69-61(85)55-20-12-32-78(55)64(88)50(19-11-31-70-65(67)68)73-58(82)51(33-39(2)3)74-60(84)53(36-44-37-71-49-18-9-8-17-48(44)49)75-62(86)56(34-41-23-28-46(80)29-24-41)77(4)63(87)54(38-79)76-59(83)52(35-43-15-10-14-42-13-6-7-16-47(42)43)72-57(81)30-25-40-21-26-45(66)27-22-40/h6-10,13-18,21-24,26-29,37,39,50-56,71,79-80H,5,11-12,19-20,25,30-36,38H2,1-4H3,(H,69,85)(H,72,81)(H,73,82)(H,74,84)(H,75,86)(H,76,83)(H4,67,68,70)/t50-,51-,52-,53+,54-,55+,56-/m0/s1. The Bertz CT molecular complexity index is 3420. The number of aromatic nitrogens is 1. The molecule has 5 aromatic carbocycles. The highest BCUT2D eigenvalue weighted by molar-refractivity contribution is 9.10. The SMILES string of the molecule is CCNC(=O)[C@H]1CCCN1C(=O)[C@H](CCCN=C(N)N)NC(=O)[C@H](CC(C)C)NC(=O)[C@@H](Cc1c[nH]c2ccccc12)NC(=O)[C@H](Cc1ccc(O)cc1)N(C)C(=O)[C@H](CO)NC(=O)[C@H](Cc1cccc2ccccc12)NC(=O)CCc1ccc(Br)cc1. The molecule has 0 radical (unpaired) electrons. The number of phenolic OH excluding ortho intramolecular Hbond substituents is 1. The second-order valence-electron chi connectivity index (χ2n) is 22.6. The number of H-pyrrole nitrogens is 1. The molecule has 8 amide bonds. The van der Waals surface area contributed by atoms with Gasteiger partial charge in [0.15, 0.2) is 5.96 Å². The van der Waals surface area contributed by atoms with Gasteiger partial charge < -0.3 is 68.4 Å². The molecular formula is C65H81BrN12O10. The number of carbonyl (C=O) groups is 8. The number of phenols is 1. The lowest BCUT2D eigenvalue weighted by atomic mass is 9.97. The van der Waals surface area contributed by atoms with E-state index in [0.717, 1.165) is 42.2 Å². The fraction of sp³-hybridized carbons (Fsp3) is 0.400. The number of carbonyl (C=O) groups excluding carboxylic acids is 8. The zero-order valence-corrected chi connectivity index (χ0v) is 51.7. The molecule has 0 aliphatic carbocycles. The van der Waals surface area contributed by atoms with Crippen LogP contribution in [0.4, 0.5) is 0 Å². The van der Waals surface area contributed by atoms with E-state index >= 15 is 9.59 Å². The normalized spacial score (nSPS) is 15.0. The number of amides is 8. The molecule has 23 heteroatoms. The third-order valence-corrected chi connectivity index (χ3v) is 16.1. The molecule has 7 rings (SSSR count). The number of aliphatic hydroxyl groups is 1. The van der Waals surface area contributed by atoms with Crippen LogP contribution in [0.2, 0.25) is 0 Å². The number of aromatic amines is 1. The quantitative estimate of drug-likeness (QED) is 0.0174. The van der Waals surface area contributed by atoms with E-state index in [9.17, 15) is 39.0 Å². The van der Waals surface area contributed by atoms with E-state index in [2.05, 4.69) is 57.8 Å². The summed E-state index contributed by atoms with van der Waals surface area (Å²) in [6, 6.07) is 25.1. The van der Waals surface area contributed by atoms with Crippen molar-refractivity contribution in [2.45, 2.75) is 127 Å². The van der Waals surface area contributed by atoms with Crippen LogP contribution in [0.3, 0.4) is 0 Å². The molecule has 0 unspecified atom stereocenters. The van der Waals surface area contributed by atoms with Crippen LogP contribution >= 0.6 is 15.9 Å². The van der Waals surface area contributed by atoms with Crippen molar-refractivity contribution in [3.63, 3.8) is 0 Å². The summed E-state index contributed by atoms with van der Waals surface area (Å²) >= 11 is 3.43. The summed E-state index contributed by atoms with van der Waals surface area (Å²) in [7, 11) is 1.33. The predicted molar refractivity (Wildman–Crippen MR) is 340 cm³/mol. The number of aliphatic imine (C=N–C) groups is 1. The molecular weight excluding hydrogens is 1190 g/mol. The number of nitrogens with zero attached hydrogens (tertiary/aromatic N) is 3. The summed E-state index contributed by atoms with van der Waals surface area (Å²) in [4.78, 5) is 125. The third kappa shape index (κ3) is 18.6. The lowest BCUT2D eigenvalue weighted by Crippen LogP contribution is -2.61. The van der Waals surface area contributed by atoms with Crippen LogP contribution in [0, 0.1) is 5.92 Å². The molecule has 13 N–H and O–H groups in total. The van der Waals surface area contributed by atoms with E-state index in [1.807, 2.05) is 105 Å². The summed E-state index contributed by atoms with van der Waals surface area (Å²) in [6.07, 6.45) is 3.30.